The summed E-state index contributed by atoms with van der Waals surface area (Å²) in [5, 5.41) is 0.164. The molecule has 0 aliphatic carbocycles. The summed E-state index contributed by atoms with van der Waals surface area (Å²) in [7, 11) is -3.48. The Hall–Kier alpha value is -1.03. The van der Waals surface area contributed by atoms with Crippen molar-refractivity contribution >= 4 is 27.2 Å². The number of aryl methyl sites for hydroxylation is 1. The lowest BCUT2D eigenvalue weighted by Crippen LogP contribution is -2.50. The number of rotatable bonds is 5. The molecule has 0 saturated carbocycles. The van der Waals surface area contributed by atoms with Gasteiger partial charge in [0.25, 0.3) is 10.0 Å². The van der Waals surface area contributed by atoms with Crippen LogP contribution >= 0.6 is 12.2 Å². The Bertz CT molecular complexity index is 575. The van der Waals surface area contributed by atoms with Crippen LogP contribution < -0.4 is 5.73 Å². The second kappa shape index (κ2) is 6.17. The van der Waals surface area contributed by atoms with Crippen LogP contribution in [0.25, 0.3) is 0 Å². The van der Waals surface area contributed by atoms with Gasteiger partial charge in [0.1, 0.15) is 5.82 Å². The molecule has 0 spiro atoms. The third-order valence-corrected chi connectivity index (χ3v) is 5.21. The van der Waals surface area contributed by atoms with Crippen LogP contribution in [0.5, 0.6) is 0 Å². The Kier molecular flexibility index (Phi) is 4.74. The molecule has 0 radical (unpaired) electrons. The summed E-state index contributed by atoms with van der Waals surface area (Å²) in [5.41, 5.74) is 5.50. The summed E-state index contributed by atoms with van der Waals surface area (Å²) < 4.78 is 26.3. The van der Waals surface area contributed by atoms with Crippen LogP contribution in [0.2, 0.25) is 0 Å². The van der Waals surface area contributed by atoms with Gasteiger partial charge in [-0.15, -0.1) is 0 Å². The molecule has 1 aliphatic heterocycles. The van der Waals surface area contributed by atoms with E-state index in [0.717, 1.165) is 0 Å². The number of nitrogens with one attached hydrogen (secondary N) is 1. The number of hydrogen-bond donors (Lipinski definition) is 2. The first-order chi connectivity index (χ1) is 9.43. The maximum Gasteiger partial charge on any atom is 0.260 e. The fraction of sp³-hybridized carbons (Fsp3) is 0.636. The van der Waals surface area contributed by atoms with Gasteiger partial charge in [-0.05, 0) is 0 Å². The van der Waals surface area contributed by atoms with Crippen LogP contribution in [0, 0.1) is 0 Å². The van der Waals surface area contributed by atoms with E-state index in [4.69, 9.17) is 18.0 Å². The highest BCUT2D eigenvalue weighted by Gasteiger charge is 2.29. The van der Waals surface area contributed by atoms with Gasteiger partial charge in [0.2, 0.25) is 0 Å². The summed E-state index contributed by atoms with van der Waals surface area (Å²) in [5.74, 6) is 0.677. The van der Waals surface area contributed by atoms with Crippen molar-refractivity contribution in [3.63, 3.8) is 0 Å². The number of imidazole rings is 1. The molecule has 1 fully saturated rings. The fourth-order valence-corrected chi connectivity index (χ4v) is 3.68. The van der Waals surface area contributed by atoms with Crippen LogP contribution in [0.1, 0.15) is 12.7 Å². The number of hydrogen-bond acceptors (Lipinski definition) is 5. The highest BCUT2D eigenvalue weighted by atomic mass is 32.2. The summed E-state index contributed by atoms with van der Waals surface area (Å²) >= 11 is 4.86. The van der Waals surface area contributed by atoms with Crippen molar-refractivity contribution in [3.05, 3.63) is 12.0 Å². The van der Waals surface area contributed by atoms with E-state index in [0.29, 0.717) is 50.0 Å². The van der Waals surface area contributed by atoms with Crippen molar-refractivity contribution in [2.45, 2.75) is 18.4 Å². The summed E-state index contributed by atoms with van der Waals surface area (Å²) in [6.07, 6.45) is 2.06. The number of aromatic amines is 1. The molecular formula is C11H19N5O2S2. The van der Waals surface area contributed by atoms with E-state index in [1.54, 1.807) is 0 Å². The molecule has 1 aromatic heterocycles. The van der Waals surface area contributed by atoms with Crippen LogP contribution in [0.15, 0.2) is 11.2 Å². The Morgan fingerprint density at radius 3 is 2.60 bits per heavy atom. The van der Waals surface area contributed by atoms with Gasteiger partial charge in [0, 0.05) is 39.1 Å². The Balaban J connectivity index is 2.03. The lowest BCUT2D eigenvalue weighted by molar-refractivity contribution is 0.209. The zero-order valence-corrected chi connectivity index (χ0v) is 13.0. The quantitative estimate of drug-likeness (QED) is 0.715. The normalized spacial score (nSPS) is 18.2. The molecule has 0 bridgehead atoms. The Morgan fingerprint density at radius 2 is 2.10 bits per heavy atom. The van der Waals surface area contributed by atoms with Crippen molar-refractivity contribution < 1.29 is 8.42 Å². The number of nitrogens with two attached hydrogens (primary N) is 1. The minimum absolute atomic E-state index is 0.164. The Morgan fingerprint density at radius 1 is 1.45 bits per heavy atom. The van der Waals surface area contributed by atoms with Crippen LogP contribution in [-0.2, 0) is 16.4 Å². The van der Waals surface area contributed by atoms with Gasteiger partial charge >= 0.3 is 0 Å². The minimum Gasteiger partial charge on any atom is -0.392 e. The fourth-order valence-electron chi connectivity index (χ4n) is 2.14. The first-order valence-corrected chi connectivity index (χ1v) is 8.33. The predicted octanol–water partition coefficient (Wildman–Crippen LogP) is -0.435. The summed E-state index contributed by atoms with van der Waals surface area (Å²) in [6, 6.07) is 0. The molecule has 2 rings (SSSR count). The minimum atomic E-state index is -3.48. The molecule has 7 nitrogen and oxygen atoms in total. The number of nitrogens with zero attached hydrogens (tertiary/aromatic N) is 3. The van der Waals surface area contributed by atoms with Crippen molar-refractivity contribution in [2.75, 3.05) is 32.7 Å². The lowest BCUT2D eigenvalue weighted by atomic mass is 10.3. The molecule has 0 atom stereocenters. The Labute approximate surface area is 124 Å². The standard InChI is InChI=1S/C11H19N5O2S2/c1-2-10-13-7-11(14-10)20(17,18)16-5-3-15(4-6-16)8-9(12)19/h7H,2-6,8H2,1H3,(H2,12,19)(H,13,14). The van der Waals surface area contributed by atoms with Crippen molar-refractivity contribution in [2.24, 2.45) is 5.73 Å². The first kappa shape index (κ1) is 15.4. The zero-order valence-electron chi connectivity index (χ0n) is 11.4. The molecule has 1 aliphatic rings. The topological polar surface area (TPSA) is 95.3 Å². The third kappa shape index (κ3) is 3.35. The highest BCUT2D eigenvalue weighted by molar-refractivity contribution is 7.89. The van der Waals surface area contributed by atoms with Gasteiger partial charge in [-0.2, -0.15) is 4.31 Å². The number of sulfonamides is 1. The van der Waals surface area contributed by atoms with Crippen molar-refractivity contribution in [1.29, 1.82) is 0 Å². The molecule has 1 saturated heterocycles. The first-order valence-electron chi connectivity index (χ1n) is 6.48. The summed E-state index contributed by atoms with van der Waals surface area (Å²) in [6.45, 7) is 4.59. The second-order valence-corrected chi connectivity index (χ2v) is 7.12. The predicted molar refractivity (Wildman–Crippen MR) is 79.9 cm³/mol. The molecule has 2 heterocycles. The molecule has 20 heavy (non-hydrogen) atoms. The number of thiocarbonyl (C=S) groups is 1. The van der Waals surface area contributed by atoms with E-state index in [-0.39, 0.29) is 5.03 Å². The van der Waals surface area contributed by atoms with Crippen LogP contribution in [0.4, 0.5) is 0 Å². The van der Waals surface area contributed by atoms with Gasteiger partial charge in [0.05, 0.1) is 11.2 Å². The monoisotopic (exact) mass is 317 g/mol. The van der Waals surface area contributed by atoms with E-state index in [1.165, 1.54) is 10.5 Å². The van der Waals surface area contributed by atoms with E-state index < -0.39 is 10.0 Å². The van der Waals surface area contributed by atoms with Gasteiger partial charge < -0.3 is 10.7 Å². The van der Waals surface area contributed by atoms with Gasteiger partial charge in [0.15, 0.2) is 5.03 Å². The second-order valence-electron chi connectivity index (χ2n) is 4.69. The maximum atomic E-state index is 12.4. The number of piperazine rings is 1. The lowest BCUT2D eigenvalue weighted by Gasteiger charge is -2.33. The molecule has 0 aromatic carbocycles. The SMILES string of the molecule is CCc1ncc(S(=O)(=O)N2CCN(CC(N)=S)CC2)[nH]1. The molecule has 9 heteroatoms. The number of aromatic nitrogens is 2. The van der Waals surface area contributed by atoms with Gasteiger partial charge in [-0.1, -0.05) is 19.1 Å². The van der Waals surface area contributed by atoms with E-state index in [1.807, 2.05) is 6.92 Å². The van der Waals surface area contributed by atoms with Crippen molar-refractivity contribution in [3.8, 4) is 0 Å². The van der Waals surface area contributed by atoms with E-state index in [2.05, 4.69) is 14.9 Å². The molecular weight excluding hydrogens is 298 g/mol. The average molecular weight is 317 g/mol. The van der Waals surface area contributed by atoms with Crippen molar-refractivity contribution in [1.82, 2.24) is 19.2 Å². The largest absolute Gasteiger partial charge is 0.392 e. The van der Waals surface area contributed by atoms with E-state index in [9.17, 15) is 8.42 Å². The number of H-pyrrole nitrogens is 1. The molecule has 0 unspecified atom stereocenters. The van der Waals surface area contributed by atoms with Gasteiger partial charge in [-0.25, -0.2) is 13.4 Å². The molecule has 1 aromatic rings. The van der Waals surface area contributed by atoms with Crippen LogP contribution in [-0.4, -0.2) is 65.3 Å². The smallest absolute Gasteiger partial charge is 0.260 e. The average Bonchev–Trinajstić information content (AvgIpc) is 2.88. The van der Waals surface area contributed by atoms with E-state index >= 15 is 0 Å². The van der Waals surface area contributed by atoms with Crippen LogP contribution in [0.3, 0.4) is 0 Å². The molecule has 112 valence electrons. The molecule has 3 N–H and O–H groups in total. The zero-order chi connectivity index (χ0) is 14.8. The molecule has 0 amide bonds. The maximum absolute atomic E-state index is 12.4. The summed E-state index contributed by atoms with van der Waals surface area (Å²) in [4.78, 5) is 9.38. The third-order valence-electron chi connectivity index (χ3n) is 3.27. The highest BCUT2D eigenvalue weighted by Crippen LogP contribution is 2.15. The van der Waals surface area contributed by atoms with Gasteiger partial charge in [-0.3, -0.25) is 4.90 Å².